The second kappa shape index (κ2) is 8.22. The Kier molecular flexibility index (Phi) is 6.95. The zero-order valence-corrected chi connectivity index (χ0v) is 13.1. The minimum Gasteiger partial charge on any atom is -0.465 e. The summed E-state index contributed by atoms with van der Waals surface area (Å²) >= 11 is 0. The molecule has 1 saturated heterocycles. The van der Waals surface area contributed by atoms with Gasteiger partial charge in [0.25, 0.3) is 0 Å². The quantitative estimate of drug-likeness (QED) is 0.226. The van der Waals surface area contributed by atoms with Crippen molar-refractivity contribution in [3.8, 4) is 0 Å². The van der Waals surface area contributed by atoms with Gasteiger partial charge in [0, 0.05) is 11.5 Å². The highest BCUT2D eigenvalue weighted by molar-refractivity contribution is 5.76. The second-order valence-electron chi connectivity index (χ2n) is 6.04. The van der Waals surface area contributed by atoms with Crippen LogP contribution in [-0.4, -0.2) is 38.1 Å². The first-order valence-electron chi connectivity index (χ1n) is 7.36. The van der Waals surface area contributed by atoms with Crippen molar-refractivity contribution in [2.24, 2.45) is 10.5 Å². The number of unbranched alkanes of at least 4 members (excludes halogenated alkanes) is 3. The number of ether oxygens (including phenoxy) is 3. The van der Waals surface area contributed by atoms with Crippen LogP contribution in [0.1, 0.15) is 46.5 Å². The molecule has 120 valence electrons. The molecule has 0 spiro atoms. The Balaban J connectivity index is 2.15. The highest BCUT2D eigenvalue weighted by Gasteiger charge is 2.43. The van der Waals surface area contributed by atoms with Gasteiger partial charge >= 0.3 is 5.97 Å². The summed E-state index contributed by atoms with van der Waals surface area (Å²) in [6.07, 6.45) is 3.59. The molecule has 0 aromatic rings. The van der Waals surface area contributed by atoms with Crippen molar-refractivity contribution < 1.29 is 19.0 Å². The summed E-state index contributed by atoms with van der Waals surface area (Å²) in [6.45, 7) is 7.00. The lowest BCUT2D eigenvalue weighted by Crippen LogP contribution is -2.49. The van der Waals surface area contributed by atoms with Crippen molar-refractivity contribution in [1.82, 2.24) is 0 Å². The van der Waals surface area contributed by atoms with Crippen LogP contribution < -0.4 is 0 Å². The fourth-order valence-electron chi connectivity index (χ4n) is 1.89. The number of hydrogen-bond donors (Lipinski definition) is 0. The average molecular weight is 299 g/mol. The zero-order chi connectivity index (χ0) is 15.8. The van der Waals surface area contributed by atoms with Crippen molar-refractivity contribution in [1.29, 1.82) is 0 Å². The molecule has 0 unspecified atom stereocenters. The van der Waals surface area contributed by atoms with Crippen molar-refractivity contribution in [2.75, 3.05) is 26.4 Å². The van der Waals surface area contributed by atoms with Crippen LogP contribution >= 0.6 is 0 Å². The molecule has 0 atom stereocenters. The fourth-order valence-corrected chi connectivity index (χ4v) is 1.89. The molecule has 1 heterocycles. The number of nitrogens with zero attached hydrogens (tertiary/aromatic N) is 3. The van der Waals surface area contributed by atoms with Gasteiger partial charge in [-0.15, -0.1) is 0 Å². The molecule has 0 aliphatic carbocycles. The number of carbonyl (C=O) groups excluding carboxylic acids is 1. The third kappa shape index (κ3) is 6.33. The van der Waals surface area contributed by atoms with E-state index in [0.717, 1.165) is 25.7 Å². The molecule has 0 radical (unpaired) electrons. The van der Waals surface area contributed by atoms with E-state index in [1.54, 1.807) is 6.92 Å². The highest BCUT2D eigenvalue weighted by atomic mass is 16.7. The van der Waals surface area contributed by atoms with E-state index in [1.807, 2.05) is 13.8 Å². The molecule has 0 aromatic heterocycles. The summed E-state index contributed by atoms with van der Waals surface area (Å²) in [5, 5.41) is 3.47. The van der Waals surface area contributed by atoms with Crippen LogP contribution in [0.3, 0.4) is 0 Å². The molecule has 0 bridgehead atoms. The lowest BCUT2D eigenvalue weighted by molar-refractivity contribution is -0.281. The molecule has 7 heteroatoms. The zero-order valence-electron chi connectivity index (χ0n) is 13.1. The molecule has 21 heavy (non-hydrogen) atoms. The van der Waals surface area contributed by atoms with E-state index >= 15 is 0 Å². The number of esters is 1. The SMILES string of the molecule is CC1(C)OCC(C)(C(=O)OCCCCCCN=[N+]=[N-])CO1. The summed E-state index contributed by atoms with van der Waals surface area (Å²) in [5.41, 5.74) is 7.40. The largest absolute Gasteiger partial charge is 0.465 e. The van der Waals surface area contributed by atoms with E-state index in [0.29, 0.717) is 26.4 Å². The minimum atomic E-state index is -0.725. The smallest absolute Gasteiger partial charge is 0.316 e. The maximum Gasteiger partial charge on any atom is 0.316 e. The highest BCUT2D eigenvalue weighted by Crippen LogP contribution is 2.30. The van der Waals surface area contributed by atoms with Gasteiger partial charge < -0.3 is 14.2 Å². The predicted molar refractivity (Wildman–Crippen MR) is 77.5 cm³/mol. The summed E-state index contributed by atoms with van der Waals surface area (Å²) in [7, 11) is 0. The molecule has 1 fully saturated rings. The van der Waals surface area contributed by atoms with E-state index in [9.17, 15) is 4.79 Å². The first kappa shape index (κ1) is 17.8. The van der Waals surface area contributed by atoms with E-state index in [-0.39, 0.29) is 5.97 Å². The average Bonchev–Trinajstić information content (AvgIpc) is 2.45. The van der Waals surface area contributed by atoms with Gasteiger partial charge in [-0.2, -0.15) is 0 Å². The van der Waals surface area contributed by atoms with Crippen LogP contribution in [0.5, 0.6) is 0 Å². The number of carbonyl (C=O) groups is 1. The van der Waals surface area contributed by atoms with Gasteiger partial charge in [-0.3, -0.25) is 4.79 Å². The summed E-state index contributed by atoms with van der Waals surface area (Å²) in [6, 6.07) is 0. The first-order chi connectivity index (χ1) is 9.90. The van der Waals surface area contributed by atoms with Gasteiger partial charge in [-0.25, -0.2) is 0 Å². The molecular weight excluding hydrogens is 274 g/mol. The Morgan fingerprint density at radius 3 is 2.43 bits per heavy atom. The third-order valence-corrected chi connectivity index (χ3v) is 3.42. The van der Waals surface area contributed by atoms with Gasteiger partial charge in [0.2, 0.25) is 0 Å². The monoisotopic (exact) mass is 299 g/mol. The molecule has 1 aliphatic rings. The van der Waals surface area contributed by atoms with Crippen LogP contribution in [0.15, 0.2) is 5.11 Å². The van der Waals surface area contributed by atoms with E-state index in [2.05, 4.69) is 10.0 Å². The van der Waals surface area contributed by atoms with Crippen LogP contribution in [-0.2, 0) is 19.0 Å². The van der Waals surface area contributed by atoms with Crippen molar-refractivity contribution in [3.63, 3.8) is 0 Å². The standard InChI is InChI=1S/C14H25N3O4/c1-13(2)20-10-14(3,11-21-13)12(18)19-9-7-5-4-6-8-16-17-15/h4-11H2,1-3H3. The van der Waals surface area contributed by atoms with Crippen LogP contribution in [0, 0.1) is 5.41 Å². The maximum atomic E-state index is 12.1. The molecule has 0 N–H and O–H groups in total. The van der Waals surface area contributed by atoms with Crippen molar-refractivity contribution in [3.05, 3.63) is 10.4 Å². The molecule has 0 saturated carbocycles. The van der Waals surface area contributed by atoms with Crippen LogP contribution in [0.25, 0.3) is 10.4 Å². The summed E-state index contributed by atoms with van der Waals surface area (Å²) in [4.78, 5) is 14.8. The Morgan fingerprint density at radius 2 is 1.81 bits per heavy atom. The summed E-state index contributed by atoms with van der Waals surface area (Å²) < 4.78 is 16.3. The Morgan fingerprint density at radius 1 is 1.19 bits per heavy atom. The Bertz CT molecular complexity index is 382. The van der Waals surface area contributed by atoms with Gasteiger partial charge in [-0.1, -0.05) is 18.0 Å². The Labute approximate surface area is 125 Å². The van der Waals surface area contributed by atoms with E-state index < -0.39 is 11.2 Å². The molecule has 1 aliphatic heterocycles. The van der Waals surface area contributed by atoms with Gasteiger partial charge in [0.1, 0.15) is 5.41 Å². The third-order valence-electron chi connectivity index (χ3n) is 3.42. The van der Waals surface area contributed by atoms with Crippen LogP contribution in [0.2, 0.25) is 0 Å². The maximum absolute atomic E-state index is 12.1. The second-order valence-corrected chi connectivity index (χ2v) is 6.04. The van der Waals surface area contributed by atoms with Crippen molar-refractivity contribution >= 4 is 5.97 Å². The molecule has 0 aromatic carbocycles. The van der Waals surface area contributed by atoms with Gasteiger partial charge in [0.05, 0.1) is 19.8 Å². The fraction of sp³-hybridized carbons (Fsp3) is 0.929. The lowest BCUT2D eigenvalue weighted by atomic mass is 9.92. The van der Waals surface area contributed by atoms with Crippen molar-refractivity contribution in [2.45, 2.75) is 52.2 Å². The normalized spacial score (nSPS) is 19.6. The number of azide groups is 1. The van der Waals surface area contributed by atoms with E-state index in [1.165, 1.54) is 0 Å². The van der Waals surface area contributed by atoms with Gasteiger partial charge in [0.15, 0.2) is 5.79 Å². The predicted octanol–water partition coefficient (Wildman–Crippen LogP) is 3.19. The number of hydrogen-bond acceptors (Lipinski definition) is 5. The molecule has 1 rings (SSSR count). The van der Waals surface area contributed by atoms with E-state index in [4.69, 9.17) is 19.7 Å². The molecule has 0 amide bonds. The minimum absolute atomic E-state index is 0.271. The summed E-state index contributed by atoms with van der Waals surface area (Å²) in [5.74, 6) is -0.904. The molecule has 7 nitrogen and oxygen atoms in total. The van der Waals surface area contributed by atoms with Gasteiger partial charge in [-0.05, 0) is 39.1 Å². The first-order valence-corrected chi connectivity index (χ1v) is 7.36. The van der Waals surface area contributed by atoms with Crippen LogP contribution in [0.4, 0.5) is 0 Å². The Hall–Kier alpha value is -1.30. The lowest BCUT2D eigenvalue weighted by Gasteiger charge is -2.39. The topological polar surface area (TPSA) is 93.5 Å². The molecular formula is C14H25N3O4. The number of rotatable bonds is 8.